The van der Waals surface area contributed by atoms with Gasteiger partial charge >= 0.3 is 0 Å². The van der Waals surface area contributed by atoms with E-state index in [4.69, 9.17) is 0 Å². The van der Waals surface area contributed by atoms with Crippen molar-refractivity contribution in [3.63, 3.8) is 0 Å². The van der Waals surface area contributed by atoms with Crippen molar-refractivity contribution >= 4 is 0 Å². The third-order valence-electron chi connectivity index (χ3n) is 4.20. The minimum atomic E-state index is -0.187. The molecule has 0 heterocycles. The van der Waals surface area contributed by atoms with E-state index in [1.807, 2.05) is 6.07 Å². The molecule has 0 saturated carbocycles. The van der Waals surface area contributed by atoms with Crippen molar-refractivity contribution in [3.8, 4) is 0 Å². The van der Waals surface area contributed by atoms with Crippen LogP contribution in [0.1, 0.15) is 23.1 Å². The molecule has 1 unspecified atom stereocenters. The molecule has 1 aliphatic rings. The Hall–Kier alpha value is -1.60. The van der Waals surface area contributed by atoms with E-state index < -0.39 is 0 Å². The topological polar surface area (TPSA) is 20.2 Å². The van der Waals surface area contributed by atoms with Crippen LogP contribution in [0.5, 0.6) is 0 Å². The Labute approximate surface area is 114 Å². The molecule has 0 saturated heterocycles. The molecule has 2 aromatic rings. The number of aryl methyl sites for hydroxylation is 1. The Balaban J connectivity index is 1.57. The number of aliphatic hydroxyl groups excluding tert-OH is 1. The Morgan fingerprint density at radius 1 is 0.895 bits per heavy atom. The lowest BCUT2D eigenvalue weighted by Gasteiger charge is -2.17. The van der Waals surface area contributed by atoms with Gasteiger partial charge in [0.1, 0.15) is 0 Å². The van der Waals surface area contributed by atoms with Crippen LogP contribution >= 0.6 is 0 Å². The van der Waals surface area contributed by atoms with E-state index in [0.717, 1.165) is 25.7 Å². The van der Waals surface area contributed by atoms with Gasteiger partial charge in [0.15, 0.2) is 0 Å². The zero-order valence-electron chi connectivity index (χ0n) is 11.1. The van der Waals surface area contributed by atoms with E-state index in [2.05, 4.69) is 48.5 Å². The summed E-state index contributed by atoms with van der Waals surface area (Å²) in [6.07, 6.45) is 3.71. The van der Waals surface area contributed by atoms with Crippen molar-refractivity contribution in [2.45, 2.75) is 31.8 Å². The molecule has 1 nitrogen and oxygen atoms in total. The van der Waals surface area contributed by atoms with Gasteiger partial charge in [-0.2, -0.15) is 0 Å². The van der Waals surface area contributed by atoms with Crippen molar-refractivity contribution in [2.24, 2.45) is 5.92 Å². The van der Waals surface area contributed by atoms with Crippen molar-refractivity contribution in [1.29, 1.82) is 0 Å². The number of benzene rings is 2. The van der Waals surface area contributed by atoms with Gasteiger partial charge in [0, 0.05) is 0 Å². The number of hydrogen-bond donors (Lipinski definition) is 1. The molecule has 2 aromatic carbocycles. The fraction of sp³-hybridized carbons (Fsp3) is 0.333. The standard InChI is InChI=1S/C18H20O/c19-18(11-10-14-6-2-1-3-7-14)17-12-15-8-4-5-9-16(15)13-17/h1-9,17-19H,10-13H2. The van der Waals surface area contributed by atoms with Crippen LogP contribution < -0.4 is 0 Å². The molecule has 1 aliphatic carbocycles. The molecule has 0 fully saturated rings. The van der Waals surface area contributed by atoms with E-state index in [0.29, 0.717) is 5.92 Å². The van der Waals surface area contributed by atoms with Crippen LogP contribution in [0.4, 0.5) is 0 Å². The molecule has 19 heavy (non-hydrogen) atoms. The zero-order valence-corrected chi connectivity index (χ0v) is 11.1. The van der Waals surface area contributed by atoms with E-state index in [1.54, 1.807) is 0 Å². The van der Waals surface area contributed by atoms with Gasteiger partial charge in [0.05, 0.1) is 6.10 Å². The Morgan fingerprint density at radius 2 is 1.47 bits per heavy atom. The SMILES string of the molecule is OC(CCc1ccccc1)C1Cc2ccccc2C1. The highest BCUT2D eigenvalue weighted by Gasteiger charge is 2.26. The minimum absolute atomic E-state index is 0.187. The van der Waals surface area contributed by atoms with Crippen molar-refractivity contribution < 1.29 is 5.11 Å². The van der Waals surface area contributed by atoms with Crippen molar-refractivity contribution in [2.75, 3.05) is 0 Å². The summed E-state index contributed by atoms with van der Waals surface area (Å²) in [4.78, 5) is 0. The van der Waals surface area contributed by atoms with Gasteiger partial charge in [-0.15, -0.1) is 0 Å². The monoisotopic (exact) mass is 252 g/mol. The molecule has 0 amide bonds. The van der Waals surface area contributed by atoms with Gasteiger partial charge in [0.2, 0.25) is 0 Å². The van der Waals surface area contributed by atoms with Gasteiger partial charge in [-0.3, -0.25) is 0 Å². The largest absolute Gasteiger partial charge is 0.393 e. The molecule has 1 heteroatoms. The van der Waals surface area contributed by atoms with Gasteiger partial charge in [0.25, 0.3) is 0 Å². The van der Waals surface area contributed by atoms with E-state index >= 15 is 0 Å². The quantitative estimate of drug-likeness (QED) is 0.884. The third-order valence-corrected chi connectivity index (χ3v) is 4.20. The number of aliphatic hydroxyl groups is 1. The molecule has 0 radical (unpaired) electrons. The summed E-state index contributed by atoms with van der Waals surface area (Å²) in [6, 6.07) is 19.0. The van der Waals surface area contributed by atoms with Gasteiger partial charge in [-0.25, -0.2) is 0 Å². The molecule has 98 valence electrons. The summed E-state index contributed by atoms with van der Waals surface area (Å²) in [5.74, 6) is 0.404. The third kappa shape index (κ3) is 2.87. The molecular formula is C18H20O. The molecule has 0 spiro atoms. The predicted molar refractivity (Wildman–Crippen MR) is 78.1 cm³/mol. The maximum Gasteiger partial charge on any atom is 0.0577 e. The summed E-state index contributed by atoms with van der Waals surface area (Å²) in [7, 11) is 0. The summed E-state index contributed by atoms with van der Waals surface area (Å²) < 4.78 is 0. The molecule has 0 aliphatic heterocycles. The van der Waals surface area contributed by atoms with Crippen LogP contribution in [-0.4, -0.2) is 11.2 Å². The first-order valence-corrected chi connectivity index (χ1v) is 7.11. The second-order valence-corrected chi connectivity index (χ2v) is 5.53. The Kier molecular flexibility index (Phi) is 3.65. The first-order valence-electron chi connectivity index (χ1n) is 7.11. The fourth-order valence-corrected chi connectivity index (χ4v) is 3.06. The fourth-order valence-electron chi connectivity index (χ4n) is 3.06. The number of fused-ring (bicyclic) bond motifs is 1. The molecule has 0 bridgehead atoms. The molecule has 1 atom stereocenters. The summed E-state index contributed by atoms with van der Waals surface area (Å²) >= 11 is 0. The first-order chi connectivity index (χ1) is 9.33. The molecule has 0 aromatic heterocycles. The van der Waals surface area contributed by atoms with Gasteiger partial charge in [-0.05, 0) is 48.3 Å². The van der Waals surface area contributed by atoms with Crippen LogP contribution in [-0.2, 0) is 19.3 Å². The van der Waals surface area contributed by atoms with Crippen LogP contribution in [0.2, 0.25) is 0 Å². The highest BCUT2D eigenvalue weighted by Crippen LogP contribution is 2.30. The maximum absolute atomic E-state index is 10.4. The van der Waals surface area contributed by atoms with E-state index in [-0.39, 0.29) is 6.10 Å². The lowest BCUT2D eigenvalue weighted by atomic mass is 9.94. The first kappa shape index (κ1) is 12.4. The van der Waals surface area contributed by atoms with Crippen molar-refractivity contribution in [3.05, 3.63) is 71.3 Å². The summed E-state index contributed by atoms with van der Waals surface area (Å²) in [6.45, 7) is 0. The lowest BCUT2D eigenvalue weighted by molar-refractivity contribution is 0.104. The van der Waals surface area contributed by atoms with Gasteiger partial charge in [-0.1, -0.05) is 54.6 Å². The highest BCUT2D eigenvalue weighted by molar-refractivity contribution is 5.32. The number of rotatable bonds is 4. The summed E-state index contributed by atoms with van der Waals surface area (Å²) in [5.41, 5.74) is 4.16. The van der Waals surface area contributed by atoms with Crippen molar-refractivity contribution in [1.82, 2.24) is 0 Å². The highest BCUT2D eigenvalue weighted by atomic mass is 16.3. The van der Waals surface area contributed by atoms with E-state index in [9.17, 15) is 5.11 Å². The minimum Gasteiger partial charge on any atom is -0.393 e. The lowest BCUT2D eigenvalue weighted by Crippen LogP contribution is -2.21. The predicted octanol–water partition coefficient (Wildman–Crippen LogP) is 3.40. The van der Waals surface area contributed by atoms with Crippen LogP contribution in [0, 0.1) is 5.92 Å². The number of hydrogen-bond acceptors (Lipinski definition) is 1. The molecular weight excluding hydrogens is 232 g/mol. The van der Waals surface area contributed by atoms with Crippen LogP contribution in [0.25, 0.3) is 0 Å². The second-order valence-electron chi connectivity index (χ2n) is 5.53. The zero-order chi connectivity index (χ0) is 13.1. The second kappa shape index (κ2) is 5.58. The maximum atomic E-state index is 10.4. The normalized spacial score (nSPS) is 16.3. The van der Waals surface area contributed by atoms with Gasteiger partial charge < -0.3 is 5.11 Å². The Morgan fingerprint density at radius 3 is 2.11 bits per heavy atom. The summed E-state index contributed by atoms with van der Waals surface area (Å²) in [5, 5.41) is 10.4. The van der Waals surface area contributed by atoms with Crippen LogP contribution in [0.3, 0.4) is 0 Å². The average Bonchev–Trinajstić information content (AvgIpc) is 2.90. The average molecular weight is 252 g/mol. The Bertz CT molecular complexity index is 507. The smallest absolute Gasteiger partial charge is 0.0577 e. The van der Waals surface area contributed by atoms with E-state index in [1.165, 1.54) is 16.7 Å². The molecule has 1 N–H and O–H groups in total. The van der Waals surface area contributed by atoms with Crippen LogP contribution in [0.15, 0.2) is 54.6 Å². The molecule has 3 rings (SSSR count).